The van der Waals surface area contributed by atoms with E-state index in [1.807, 2.05) is 18.2 Å². The molecule has 158 valence electrons. The van der Waals surface area contributed by atoms with Gasteiger partial charge in [0.15, 0.2) is 5.82 Å². The minimum Gasteiger partial charge on any atom is -0.382 e. The fourth-order valence-corrected chi connectivity index (χ4v) is 4.40. The summed E-state index contributed by atoms with van der Waals surface area (Å²) < 4.78 is 31.5. The molecule has 1 aromatic carbocycles. The van der Waals surface area contributed by atoms with Crippen LogP contribution >= 0.6 is 11.6 Å². The monoisotopic (exact) mass is 440 g/mol. The van der Waals surface area contributed by atoms with Crippen LogP contribution in [0.15, 0.2) is 48.9 Å². The van der Waals surface area contributed by atoms with Crippen LogP contribution in [0.3, 0.4) is 0 Å². The highest BCUT2D eigenvalue weighted by Gasteiger charge is 2.38. The molecule has 0 saturated heterocycles. The fourth-order valence-electron chi connectivity index (χ4n) is 4.14. The number of pyridine rings is 1. The van der Waals surface area contributed by atoms with Gasteiger partial charge in [-0.15, -0.1) is 0 Å². The topological polar surface area (TPSA) is 63.3 Å². The molecular weight excluding hydrogens is 422 g/mol. The predicted molar refractivity (Wildman–Crippen MR) is 113 cm³/mol. The van der Waals surface area contributed by atoms with Crippen molar-refractivity contribution in [3.05, 3.63) is 82.5 Å². The summed E-state index contributed by atoms with van der Waals surface area (Å²) in [7, 11) is 0. The van der Waals surface area contributed by atoms with Crippen LogP contribution in [0.2, 0.25) is 5.02 Å². The number of alkyl halides is 1. The number of fused-ring (bicyclic) bond motifs is 3. The van der Waals surface area contributed by atoms with Crippen LogP contribution in [0.4, 0.5) is 8.78 Å². The maximum atomic E-state index is 14.9. The number of rotatable bonds is 3. The van der Waals surface area contributed by atoms with Crippen molar-refractivity contribution in [1.29, 1.82) is 0 Å². The first-order chi connectivity index (χ1) is 14.7. The van der Waals surface area contributed by atoms with Crippen LogP contribution in [-0.2, 0) is 5.60 Å². The maximum Gasteiger partial charge on any atom is 0.159 e. The molecule has 0 unspecified atom stereocenters. The number of hydrogen-bond donors (Lipinski definition) is 1. The second-order valence-electron chi connectivity index (χ2n) is 8.28. The Morgan fingerprint density at radius 3 is 2.58 bits per heavy atom. The lowest BCUT2D eigenvalue weighted by molar-refractivity contribution is 0.0687. The molecule has 0 fully saturated rings. The van der Waals surface area contributed by atoms with Gasteiger partial charge >= 0.3 is 0 Å². The van der Waals surface area contributed by atoms with Gasteiger partial charge in [-0.05, 0) is 31.9 Å². The van der Waals surface area contributed by atoms with Crippen LogP contribution < -0.4 is 0 Å². The summed E-state index contributed by atoms with van der Waals surface area (Å²) in [5.74, 6) is -0.568. The minimum absolute atomic E-state index is 0.236. The Hall–Kier alpha value is -2.90. The number of hydrogen-bond acceptors (Lipinski definition) is 4. The Morgan fingerprint density at radius 1 is 1.19 bits per heavy atom. The quantitative estimate of drug-likeness (QED) is 0.466. The minimum atomic E-state index is -1.25. The first-order valence-electron chi connectivity index (χ1n) is 9.89. The lowest BCUT2D eigenvalue weighted by Gasteiger charge is -2.16. The van der Waals surface area contributed by atoms with E-state index in [0.717, 1.165) is 5.56 Å². The lowest BCUT2D eigenvalue weighted by atomic mass is 9.96. The van der Waals surface area contributed by atoms with Crippen molar-refractivity contribution in [2.24, 2.45) is 0 Å². The van der Waals surface area contributed by atoms with E-state index in [0.29, 0.717) is 27.6 Å². The molecule has 3 aromatic heterocycles. The lowest BCUT2D eigenvalue weighted by Crippen LogP contribution is -2.19. The maximum absolute atomic E-state index is 14.9. The van der Waals surface area contributed by atoms with E-state index in [9.17, 15) is 13.9 Å². The Morgan fingerprint density at radius 2 is 1.90 bits per heavy atom. The molecule has 0 spiro atoms. The number of nitrogens with zero attached hydrogens (tertiary/aromatic N) is 4. The number of aromatic nitrogens is 4. The number of halogens is 3. The van der Waals surface area contributed by atoms with Gasteiger partial charge in [-0.2, -0.15) is 0 Å². The Bertz CT molecular complexity index is 1300. The van der Waals surface area contributed by atoms with Crippen LogP contribution in [0.5, 0.6) is 0 Å². The molecular formula is C23H19ClF2N4O. The van der Waals surface area contributed by atoms with Gasteiger partial charge in [0.05, 0.1) is 11.4 Å². The average Bonchev–Trinajstić information content (AvgIpc) is 3.24. The molecule has 1 N–H and O–H groups in total. The Labute approximate surface area is 182 Å². The van der Waals surface area contributed by atoms with Gasteiger partial charge in [-0.1, -0.05) is 29.8 Å². The van der Waals surface area contributed by atoms with E-state index in [4.69, 9.17) is 11.6 Å². The van der Waals surface area contributed by atoms with Crippen molar-refractivity contribution in [1.82, 2.24) is 19.4 Å². The second kappa shape index (κ2) is 7.07. The zero-order chi connectivity index (χ0) is 21.9. The summed E-state index contributed by atoms with van der Waals surface area (Å²) in [5.41, 5.74) is 1.63. The van der Waals surface area contributed by atoms with Crippen LogP contribution in [0.25, 0.3) is 16.8 Å². The smallest absolute Gasteiger partial charge is 0.159 e. The Balaban J connectivity index is 1.67. The van der Waals surface area contributed by atoms with Gasteiger partial charge in [-0.25, -0.2) is 23.7 Å². The highest BCUT2D eigenvalue weighted by atomic mass is 35.5. The van der Waals surface area contributed by atoms with Crippen molar-refractivity contribution in [3.8, 4) is 11.1 Å². The summed E-state index contributed by atoms with van der Waals surface area (Å²) in [5, 5.41) is 10.6. The molecule has 31 heavy (non-hydrogen) atoms. The van der Waals surface area contributed by atoms with E-state index in [-0.39, 0.29) is 23.7 Å². The van der Waals surface area contributed by atoms with E-state index in [1.165, 1.54) is 18.5 Å². The van der Waals surface area contributed by atoms with E-state index in [2.05, 4.69) is 15.0 Å². The molecule has 5 nitrogen and oxygen atoms in total. The molecule has 4 aromatic rings. The van der Waals surface area contributed by atoms with Gasteiger partial charge in [0.1, 0.15) is 23.2 Å². The molecule has 1 aliphatic rings. The summed E-state index contributed by atoms with van der Waals surface area (Å²) >= 11 is 6.39. The third-order valence-electron chi connectivity index (χ3n) is 5.64. The number of benzene rings is 1. The average molecular weight is 441 g/mol. The molecule has 0 bridgehead atoms. The van der Waals surface area contributed by atoms with Gasteiger partial charge in [-0.3, -0.25) is 0 Å². The first kappa shape index (κ1) is 20.0. The first-order valence-corrected chi connectivity index (χ1v) is 10.3. The van der Waals surface area contributed by atoms with Crippen molar-refractivity contribution in [2.75, 3.05) is 0 Å². The summed E-state index contributed by atoms with van der Waals surface area (Å²) in [4.78, 5) is 12.7. The standard InChI is InChI=1S/C23H19ClF2N4O/c1-23(2,31)22-27-9-12(10-28-22)15-11-30-19(8-17(15)25)29-20-18(26)7-14(21(20)30)13-5-3-4-6-16(13)24/h3-6,8-11,14,18,31H,7H2,1-2H3/t14-,18-/m0/s1. The molecule has 3 heterocycles. The summed E-state index contributed by atoms with van der Waals surface area (Å²) in [6.07, 6.45) is 3.51. The van der Waals surface area contributed by atoms with Crippen LogP contribution in [-0.4, -0.2) is 24.5 Å². The van der Waals surface area contributed by atoms with E-state index >= 15 is 0 Å². The molecule has 8 heteroatoms. The fraction of sp³-hybridized carbons (Fsp3) is 0.261. The highest BCUT2D eigenvalue weighted by molar-refractivity contribution is 6.31. The molecule has 2 atom stereocenters. The van der Waals surface area contributed by atoms with Crippen LogP contribution in [0, 0.1) is 5.82 Å². The third-order valence-corrected chi connectivity index (χ3v) is 5.98. The van der Waals surface area contributed by atoms with Crippen molar-refractivity contribution in [2.45, 2.75) is 38.0 Å². The van der Waals surface area contributed by atoms with Gasteiger partial charge < -0.3 is 9.51 Å². The summed E-state index contributed by atoms with van der Waals surface area (Å²) in [6.45, 7) is 3.15. The molecule has 1 aliphatic carbocycles. The summed E-state index contributed by atoms with van der Waals surface area (Å²) in [6, 6.07) is 8.63. The molecule has 5 rings (SSSR count). The highest BCUT2D eigenvalue weighted by Crippen LogP contribution is 2.47. The zero-order valence-corrected chi connectivity index (χ0v) is 17.6. The number of imidazole rings is 1. The molecule has 0 aliphatic heterocycles. The van der Waals surface area contributed by atoms with E-state index < -0.39 is 17.6 Å². The van der Waals surface area contributed by atoms with Crippen LogP contribution in [0.1, 0.15) is 55.1 Å². The predicted octanol–water partition coefficient (Wildman–Crippen LogP) is 5.36. The van der Waals surface area contributed by atoms with Gasteiger partial charge in [0.2, 0.25) is 0 Å². The molecule has 0 amide bonds. The zero-order valence-electron chi connectivity index (χ0n) is 16.9. The normalized spacial score (nSPS) is 18.5. The van der Waals surface area contributed by atoms with Crippen molar-refractivity contribution in [3.63, 3.8) is 0 Å². The Kier molecular flexibility index (Phi) is 4.57. The van der Waals surface area contributed by atoms with Gasteiger partial charge in [0, 0.05) is 46.7 Å². The largest absolute Gasteiger partial charge is 0.382 e. The molecule has 0 radical (unpaired) electrons. The third kappa shape index (κ3) is 3.28. The molecule has 0 saturated carbocycles. The van der Waals surface area contributed by atoms with Crippen molar-refractivity contribution < 1.29 is 13.9 Å². The van der Waals surface area contributed by atoms with Gasteiger partial charge in [0.25, 0.3) is 0 Å². The second-order valence-corrected chi connectivity index (χ2v) is 8.68. The SMILES string of the molecule is CC(C)(O)c1ncc(-c2cn3c4c(nc3cc2F)[C@@H](F)C[C@H]4c2ccccc2Cl)cn1. The van der Waals surface area contributed by atoms with E-state index in [1.54, 1.807) is 30.5 Å². The number of aliphatic hydroxyl groups is 1. The van der Waals surface area contributed by atoms with Crippen molar-refractivity contribution >= 4 is 17.2 Å².